The van der Waals surface area contributed by atoms with Gasteiger partial charge in [-0.05, 0) is 15.9 Å². The second kappa shape index (κ2) is 3.12. The first-order chi connectivity index (χ1) is 6.18. The number of aromatic nitrogens is 2. The van der Waals surface area contributed by atoms with Gasteiger partial charge in [0.25, 0.3) is 5.56 Å². The Hall–Kier alpha value is -0.880. The Kier molecular flexibility index (Phi) is 2.09. The van der Waals surface area contributed by atoms with Crippen LogP contribution in [0.15, 0.2) is 9.27 Å². The lowest BCUT2D eigenvalue weighted by atomic mass is 9.99. The number of nitrogen functional groups attached to an aromatic ring is 1. The Bertz CT molecular complexity index is 385. The highest BCUT2D eigenvalue weighted by molar-refractivity contribution is 9.10. The first-order valence-corrected chi connectivity index (χ1v) is 4.73. The Morgan fingerprint density at radius 1 is 1.54 bits per heavy atom. The SMILES string of the molecule is Nc1nc(C2CNC2)c(Br)c(=O)[nH]1. The van der Waals surface area contributed by atoms with Crippen molar-refractivity contribution in [1.29, 1.82) is 0 Å². The molecular weight excluding hydrogens is 236 g/mol. The molecule has 1 saturated heterocycles. The fourth-order valence-electron chi connectivity index (χ4n) is 1.25. The van der Waals surface area contributed by atoms with Crippen LogP contribution in [0.3, 0.4) is 0 Å². The lowest BCUT2D eigenvalue weighted by Gasteiger charge is -2.26. The highest BCUT2D eigenvalue weighted by Gasteiger charge is 2.24. The van der Waals surface area contributed by atoms with Crippen molar-refractivity contribution in [3.05, 3.63) is 20.5 Å². The Morgan fingerprint density at radius 3 is 2.77 bits per heavy atom. The van der Waals surface area contributed by atoms with Gasteiger partial charge in [-0.15, -0.1) is 0 Å². The molecule has 1 aliphatic rings. The fourth-order valence-corrected chi connectivity index (χ4v) is 1.76. The summed E-state index contributed by atoms with van der Waals surface area (Å²) in [6.45, 7) is 1.71. The van der Waals surface area contributed by atoms with Crippen LogP contribution in [0.5, 0.6) is 0 Å². The van der Waals surface area contributed by atoms with Gasteiger partial charge in [-0.2, -0.15) is 0 Å². The van der Waals surface area contributed by atoms with Crippen LogP contribution in [0.2, 0.25) is 0 Å². The Labute approximate surface area is 82.9 Å². The minimum absolute atomic E-state index is 0.176. The van der Waals surface area contributed by atoms with E-state index in [2.05, 4.69) is 31.2 Å². The van der Waals surface area contributed by atoms with Gasteiger partial charge in [-0.1, -0.05) is 0 Å². The van der Waals surface area contributed by atoms with Crippen LogP contribution in [0.1, 0.15) is 11.6 Å². The average molecular weight is 245 g/mol. The lowest BCUT2D eigenvalue weighted by molar-refractivity contribution is 0.437. The molecule has 1 aromatic heterocycles. The fraction of sp³-hybridized carbons (Fsp3) is 0.429. The zero-order chi connectivity index (χ0) is 9.42. The number of rotatable bonds is 1. The minimum atomic E-state index is -0.214. The minimum Gasteiger partial charge on any atom is -0.369 e. The van der Waals surface area contributed by atoms with Crippen molar-refractivity contribution in [3.8, 4) is 0 Å². The largest absolute Gasteiger partial charge is 0.369 e. The summed E-state index contributed by atoms with van der Waals surface area (Å²) in [7, 11) is 0. The highest BCUT2D eigenvalue weighted by Crippen LogP contribution is 2.23. The van der Waals surface area contributed by atoms with Crippen LogP contribution in [0.25, 0.3) is 0 Å². The number of aromatic amines is 1. The number of nitrogens with two attached hydrogens (primary N) is 1. The molecule has 0 amide bonds. The number of H-pyrrole nitrogens is 1. The van der Waals surface area contributed by atoms with Crippen LogP contribution in [0.4, 0.5) is 5.95 Å². The smallest absolute Gasteiger partial charge is 0.266 e. The molecule has 0 radical (unpaired) electrons. The molecule has 4 N–H and O–H groups in total. The quantitative estimate of drug-likeness (QED) is 0.639. The van der Waals surface area contributed by atoms with E-state index < -0.39 is 0 Å². The topological polar surface area (TPSA) is 83.8 Å². The zero-order valence-corrected chi connectivity index (χ0v) is 8.39. The van der Waals surface area contributed by atoms with Gasteiger partial charge in [0, 0.05) is 19.0 Å². The maximum atomic E-state index is 11.3. The average Bonchev–Trinajstić information content (AvgIpc) is 1.95. The zero-order valence-electron chi connectivity index (χ0n) is 6.80. The summed E-state index contributed by atoms with van der Waals surface area (Å²) in [4.78, 5) is 17.8. The van der Waals surface area contributed by atoms with E-state index in [-0.39, 0.29) is 11.5 Å². The molecule has 1 aliphatic heterocycles. The van der Waals surface area contributed by atoms with Crippen molar-refractivity contribution in [2.45, 2.75) is 5.92 Å². The summed E-state index contributed by atoms with van der Waals surface area (Å²) in [6.07, 6.45) is 0. The molecule has 0 bridgehead atoms. The first kappa shape index (κ1) is 8.71. The third-order valence-electron chi connectivity index (χ3n) is 2.07. The number of nitrogens with one attached hydrogen (secondary N) is 2. The molecule has 0 saturated carbocycles. The molecule has 5 nitrogen and oxygen atoms in total. The number of nitrogens with zero attached hydrogens (tertiary/aromatic N) is 1. The monoisotopic (exact) mass is 244 g/mol. The standard InChI is InChI=1S/C7H9BrN4O/c8-4-5(3-1-10-2-3)11-7(9)12-6(4)13/h3,10H,1-2H2,(H3,9,11,12,13). The number of hydrogen-bond donors (Lipinski definition) is 3. The van der Waals surface area contributed by atoms with Gasteiger partial charge in [-0.3, -0.25) is 9.78 Å². The molecule has 0 unspecified atom stereocenters. The van der Waals surface area contributed by atoms with E-state index >= 15 is 0 Å². The van der Waals surface area contributed by atoms with Crippen molar-refractivity contribution >= 4 is 21.9 Å². The van der Waals surface area contributed by atoms with Gasteiger partial charge >= 0.3 is 0 Å². The predicted molar refractivity (Wildman–Crippen MR) is 52.6 cm³/mol. The van der Waals surface area contributed by atoms with E-state index in [0.717, 1.165) is 18.8 Å². The molecule has 1 aromatic rings. The molecule has 0 aliphatic carbocycles. The normalized spacial score (nSPS) is 17.0. The van der Waals surface area contributed by atoms with E-state index in [1.165, 1.54) is 0 Å². The number of hydrogen-bond acceptors (Lipinski definition) is 4. The molecule has 70 valence electrons. The van der Waals surface area contributed by atoms with Crippen molar-refractivity contribution in [3.63, 3.8) is 0 Å². The summed E-state index contributed by atoms with van der Waals surface area (Å²) in [6, 6.07) is 0. The third-order valence-corrected chi connectivity index (χ3v) is 2.84. The third kappa shape index (κ3) is 1.47. The lowest BCUT2D eigenvalue weighted by Crippen LogP contribution is -2.41. The summed E-state index contributed by atoms with van der Waals surface area (Å²) < 4.78 is 0.494. The van der Waals surface area contributed by atoms with Crippen molar-refractivity contribution in [2.75, 3.05) is 18.8 Å². The van der Waals surface area contributed by atoms with Gasteiger partial charge < -0.3 is 11.1 Å². The van der Waals surface area contributed by atoms with Gasteiger partial charge in [0.15, 0.2) is 0 Å². The van der Waals surface area contributed by atoms with Crippen LogP contribution in [-0.4, -0.2) is 23.1 Å². The summed E-state index contributed by atoms with van der Waals surface area (Å²) >= 11 is 3.20. The van der Waals surface area contributed by atoms with Crippen LogP contribution >= 0.6 is 15.9 Å². The van der Waals surface area contributed by atoms with Crippen molar-refractivity contribution in [2.24, 2.45) is 0 Å². The molecule has 0 spiro atoms. The van der Waals surface area contributed by atoms with Crippen LogP contribution < -0.4 is 16.6 Å². The van der Waals surface area contributed by atoms with E-state index in [0.29, 0.717) is 10.4 Å². The van der Waals surface area contributed by atoms with Crippen LogP contribution in [-0.2, 0) is 0 Å². The molecule has 2 heterocycles. The molecule has 0 atom stereocenters. The highest BCUT2D eigenvalue weighted by atomic mass is 79.9. The maximum absolute atomic E-state index is 11.3. The summed E-state index contributed by atoms with van der Waals surface area (Å²) in [5.74, 6) is 0.481. The van der Waals surface area contributed by atoms with Gasteiger partial charge in [-0.25, -0.2) is 4.98 Å². The van der Waals surface area contributed by atoms with Crippen molar-refractivity contribution < 1.29 is 0 Å². The molecule has 0 aromatic carbocycles. The number of anilines is 1. The van der Waals surface area contributed by atoms with Crippen molar-refractivity contribution in [1.82, 2.24) is 15.3 Å². The molecule has 13 heavy (non-hydrogen) atoms. The van der Waals surface area contributed by atoms with E-state index in [1.807, 2.05) is 0 Å². The summed E-state index contributed by atoms with van der Waals surface area (Å²) in [5, 5.41) is 3.11. The molecular formula is C7H9BrN4O. The van der Waals surface area contributed by atoms with Gasteiger partial charge in [0.05, 0.1) is 5.69 Å². The molecule has 2 rings (SSSR count). The summed E-state index contributed by atoms with van der Waals surface area (Å²) in [5.41, 5.74) is 5.97. The van der Waals surface area contributed by atoms with E-state index in [4.69, 9.17) is 5.73 Å². The Morgan fingerprint density at radius 2 is 2.23 bits per heavy atom. The first-order valence-electron chi connectivity index (χ1n) is 3.94. The van der Waals surface area contributed by atoms with Crippen LogP contribution in [0, 0.1) is 0 Å². The van der Waals surface area contributed by atoms with E-state index in [1.54, 1.807) is 0 Å². The second-order valence-electron chi connectivity index (χ2n) is 3.01. The Balaban J connectivity index is 2.48. The second-order valence-corrected chi connectivity index (χ2v) is 3.80. The van der Waals surface area contributed by atoms with Gasteiger partial charge in [0.2, 0.25) is 5.95 Å². The molecule has 6 heteroatoms. The molecule has 1 fully saturated rings. The van der Waals surface area contributed by atoms with E-state index in [9.17, 15) is 4.79 Å². The predicted octanol–water partition coefficient (Wildman–Crippen LogP) is -0.199. The maximum Gasteiger partial charge on any atom is 0.266 e. The van der Waals surface area contributed by atoms with Gasteiger partial charge in [0.1, 0.15) is 4.47 Å². The number of halogens is 1.